The van der Waals surface area contributed by atoms with Crippen LogP contribution in [0.25, 0.3) is 0 Å². The summed E-state index contributed by atoms with van der Waals surface area (Å²) in [5.74, 6) is -0.713. The van der Waals surface area contributed by atoms with Gasteiger partial charge in [0.05, 0.1) is 6.10 Å². The van der Waals surface area contributed by atoms with Crippen molar-refractivity contribution in [2.45, 2.75) is 45.6 Å². The molecular weight excluding hydrogens is 228 g/mol. The first kappa shape index (κ1) is 13.3. The van der Waals surface area contributed by atoms with Gasteiger partial charge in [0.15, 0.2) is 0 Å². The molecule has 0 aromatic heterocycles. The lowest BCUT2D eigenvalue weighted by Crippen LogP contribution is -2.43. The molecule has 0 aromatic carbocycles. The topological polar surface area (TPSA) is 57.5 Å². The SMILES string of the molecule is C=C(C(=O)O)[C@@H]1CC=C2CC[C@H](O)[C@H](C)[C@@]2(C)C1. The van der Waals surface area contributed by atoms with E-state index >= 15 is 0 Å². The van der Waals surface area contributed by atoms with Gasteiger partial charge < -0.3 is 10.2 Å². The molecule has 0 aliphatic heterocycles. The second-order valence-corrected chi connectivity index (χ2v) is 6.01. The molecule has 0 radical (unpaired) electrons. The van der Waals surface area contributed by atoms with E-state index in [0.717, 1.165) is 25.7 Å². The van der Waals surface area contributed by atoms with Crippen molar-refractivity contribution in [3.8, 4) is 0 Å². The third kappa shape index (κ3) is 2.01. The molecule has 0 aromatic rings. The molecule has 2 aliphatic rings. The van der Waals surface area contributed by atoms with Crippen LogP contribution in [0.5, 0.6) is 0 Å². The van der Waals surface area contributed by atoms with Crippen molar-refractivity contribution in [1.82, 2.24) is 0 Å². The van der Waals surface area contributed by atoms with Crippen molar-refractivity contribution < 1.29 is 15.0 Å². The molecule has 0 bridgehead atoms. The van der Waals surface area contributed by atoms with E-state index in [2.05, 4.69) is 26.5 Å². The van der Waals surface area contributed by atoms with Crippen molar-refractivity contribution in [3.63, 3.8) is 0 Å². The number of aliphatic hydroxyl groups excluding tert-OH is 1. The molecule has 2 N–H and O–H groups in total. The van der Waals surface area contributed by atoms with Gasteiger partial charge in [0.1, 0.15) is 0 Å². The summed E-state index contributed by atoms with van der Waals surface area (Å²) in [6.45, 7) is 7.93. The number of aliphatic carboxylic acids is 1. The van der Waals surface area contributed by atoms with Gasteiger partial charge >= 0.3 is 5.97 Å². The van der Waals surface area contributed by atoms with E-state index in [1.807, 2.05) is 0 Å². The summed E-state index contributed by atoms with van der Waals surface area (Å²) in [5.41, 5.74) is 1.63. The van der Waals surface area contributed by atoms with Gasteiger partial charge in [0.2, 0.25) is 0 Å². The fraction of sp³-hybridized carbons (Fsp3) is 0.667. The van der Waals surface area contributed by atoms with Crippen LogP contribution in [0.1, 0.15) is 39.5 Å². The smallest absolute Gasteiger partial charge is 0.331 e. The molecule has 0 unspecified atom stereocenters. The quantitative estimate of drug-likeness (QED) is 0.585. The summed E-state index contributed by atoms with van der Waals surface area (Å²) in [6.07, 6.45) is 5.25. The predicted molar refractivity (Wildman–Crippen MR) is 70.1 cm³/mol. The summed E-state index contributed by atoms with van der Waals surface area (Å²) < 4.78 is 0. The molecule has 2 aliphatic carbocycles. The second kappa shape index (κ2) is 4.54. The average molecular weight is 250 g/mol. The highest BCUT2D eigenvalue weighted by Crippen LogP contribution is 2.52. The number of carbonyl (C=O) groups is 1. The van der Waals surface area contributed by atoms with E-state index in [1.54, 1.807) is 0 Å². The minimum atomic E-state index is -0.899. The van der Waals surface area contributed by atoms with Crippen LogP contribution in [0.3, 0.4) is 0 Å². The van der Waals surface area contributed by atoms with Gasteiger partial charge in [-0.05, 0) is 42.9 Å². The molecule has 3 heteroatoms. The summed E-state index contributed by atoms with van der Waals surface area (Å²) in [4.78, 5) is 11.0. The monoisotopic (exact) mass is 250 g/mol. The number of hydrogen-bond acceptors (Lipinski definition) is 2. The van der Waals surface area contributed by atoms with E-state index < -0.39 is 5.97 Å². The number of rotatable bonds is 2. The lowest BCUT2D eigenvalue weighted by atomic mass is 9.57. The molecule has 1 fully saturated rings. The number of fused-ring (bicyclic) bond motifs is 1. The Morgan fingerprint density at radius 1 is 1.56 bits per heavy atom. The second-order valence-electron chi connectivity index (χ2n) is 6.01. The zero-order chi connectivity index (χ0) is 13.5. The first-order valence-electron chi connectivity index (χ1n) is 6.66. The predicted octanol–water partition coefficient (Wildman–Crippen LogP) is 2.76. The number of carboxylic acid groups (broad SMARTS) is 1. The Labute approximate surface area is 108 Å². The maximum atomic E-state index is 11.0. The van der Waals surface area contributed by atoms with Gasteiger partial charge in [-0.2, -0.15) is 0 Å². The molecule has 0 heterocycles. The first-order valence-corrected chi connectivity index (χ1v) is 6.66. The third-order valence-electron chi connectivity index (χ3n) is 5.11. The van der Waals surface area contributed by atoms with Crippen LogP contribution in [0, 0.1) is 17.3 Å². The third-order valence-corrected chi connectivity index (χ3v) is 5.11. The van der Waals surface area contributed by atoms with Crippen molar-refractivity contribution >= 4 is 5.97 Å². The van der Waals surface area contributed by atoms with Gasteiger partial charge in [0, 0.05) is 5.57 Å². The summed E-state index contributed by atoms with van der Waals surface area (Å²) in [5, 5.41) is 19.1. The van der Waals surface area contributed by atoms with Gasteiger partial charge in [-0.3, -0.25) is 0 Å². The van der Waals surface area contributed by atoms with Crippen molar-refractivity contribution in [3.05, 3.63) is 23.8 Å². The Balaban J connectivity index is 2.26. The summed E-state index contributed by atoms with van der Waals surface area (Å²) >= 11 is 0. The fourth-order valence-corrected chi connectivity index (χ4v) is 3.53. The normalized spacial score (nSPS) is 39.7. The number of carboxylic acids is 1. The maximum Gasteiger partial charge on any atom is 0.331 e. The largest absolute Gasteiger partial charge is 0.478 e. The lowest BCUT2D eigenvalue weighted by Gasteiger charge is -2.49. The van der Waals surface area contributed by atoms with Crippen molar-refractivity contribution in [2.75, 3.05) is 0 Å². The molecular formula is C15H22O3. The molecule has 0 amide bonds. The minimum Gasteiger partial charge on any atom is -0.478 e. The molecule has 3 nitrogen and oxygen atoms in total. The molecule has 4 atom stereocenters. The minimum absolute atomic E-state index is 0.00370. The Kier molecular flexibility index (Phi) is 3.37. The van der Waals surface area contributed by atoms with Gasteiger partial charge in [0.25, 0.3) is 0 Å². The summed E-state index contributed by atoms with van der Waals surface area (Å²) in [7, 11) is 0. The molecule has 1 saturated carbocycles. The Bertz CT molecular complexity index is 410. The van der Waals surface area contributed by atoms with E-state index in [9.17, 15) is 9.90 Å². The highest BCUT2D eigenvalue weighted by atomic mass is 16.4. The number of aliphatic hydroxyl groups is 1. The molecule has 0 spiro atoms. The van der Waals surface area contributed by atoms with Crippen LogP contribution < -0.4 is 0 Å². The zero-order valence-corrected chi connectivity index (χ0v) is 11.1. The van der Waals surface area contributed by atoms with Crippen LogP contribution in [-0.2, 0) is 4.79 Å². The van der Waals surface area contributed by atoms with Crippen LogP contribution in [0.2, 0.25) is 0 Å². The van der Waals surface area contributed by atoms with Crippen molar-refractivity contribution in [1.29, 1.82) is 0 Å². The van der Waals surface area contributed by atoms with E-state index in [4.69, 9.17) is 5.11 Å². The van der Waals surface area contributed by atoms with Crippen LogP contribution in [0.15, 0.2) is 23.8 Å². The van der Waals surface area contributed by atoms with Gasteiger partial charge in [-0.15, -0.1) is 0 Å². The van der Waals surface area contributed by atoms with Gasteiger partial charge in [-0.1, -0.05) is 32.1 Å². The Morgan fingerprint density at radius 3 is 2.83 bits per heavy atom. The zero-order valence-electron chi connectivity index (χ0n) is 11.1. The highest BCUT2D eigenvalue weighted by molar-refractivity contribution is 5.86. The highest BCUT2D eigenvalue weighted by Gasteiger charge is 2.45. The van der Waals surface area contributed by atoms with Crippen LogP contribution >= 0.6 is 0 Å². The van der Waals surface area contributed by atoms with E-state index in [0.29, 0.717) is 5.57 Å². The summed E-state index contributed by atoms with van der Waals surface area (Å²) in [6, 6.07) is 0. The number of allylic oxidation sites excluding steroid dienone is 2. The molecule has 0 saturated heterocycles. The Hall–Kier alpha value is -1.09. The van der Waals surface area contributed by atoms with Crippen LogP contribution in [0.4, 0.5) is 0 Å². The van der Waals surface area contributed by atoms with E-state index in [1.165, 1.54) is 5.57 Å². The first-order chi connectivity index (χ1) is 8.36. The average Bonchev–Trinajstić information content (AvgIpc) is 2.33. The van der Waals surface area contributed by atoms with Crippen molar-refractivity contribution in [2.24, 2.45) is 17.3 Å². The molecule has 100 valence electrons. The Morgan fingerprint density at radius 2 is 2.22 bits per heavy atom. The standard InChI is InChI=1S/C15H22O3/c1-9(14(17)18)11-4-5-12-6-7-13(16)10(2)15(12,3)8-11/h5,10-11,13,16H,1,4,6-8H2,2-3H3,(H,17,18)/t10-,11+,13-,15+/m0/s1. The van der Waals surface area contributed by atoms with Crippen LogP contribution in [-0.4, -0.2) is 22.3 Å². The lowest BCUT2D eigenvalue weighted by molar-refractivity contribution is -0.133. The molecule has 18 heavy (non-hydrogen) atoms. The number of hydrogen-bond donors (Lipinski definition) is 2. The van der Waals surface area contributed by atoms with E-state index in [-0.39, 0.29) is 23.4 Å². The fourth-order valence-electron chi connectivity index (χ4n) is 3.53. The maximum absolute atomic E-state index is 11.0. The molecule has 2 rings (SSSR count). The van der Waals surface area contributed by atoms with Gasteiger partial charge in [-0.25, -0.2) is 4.79 Å².